The average molecular weight is 428 g/mol. The van der Waals surface area contributed by atoms with Gasteiger partial charge in [0.25, 0.3) is 0 Å². The van der Waals surface area contributed by atoms with Crippen LogP contribution >= 0.6 is 11.3 Å². The van der Waals surface area contributed by atoms with Gasteiger partial charge in [-0.3, -0.25) is 4.79 Å². The van der Waals surface area contributed by atoms with Crippen molar-refractivity contribution in [1.82, 2.24) is 9.78 Å². The SMILES string of the molecule is O=C(COC(=O)c1cn(-c2ccccc2)nc1-c1cccs1)c1cc2ccccc2o1. The number of para-hydroxylation sites is 2. The molecule has 31 heavy (non-hydrogen) atoms. The fraction of sp³-hybridized carbons (Fsp3) is 0.0417. The van der Waals surface area contributed by atoms with Crippen LogP contribution in [0.2, 0.25) is 0 Å². The van der Waals surface area contributed by atoms with Gasteiger partial charge in [-0.25, -0.2) is 9.48 Å². The molecule has 0 fully saturated rings. The summed E-state index contributed by atoms with van der Waals surface area (Å²) < 4.78 is 12.5. The normalized spacial score (nSPS) is 11.0. The Labute approximate surface area is 181 Å². The number of ether oxygens (including phenoxy) is 1. The van der Waals surface area contributed by atoms with Crippen molar-refractivity contribution in [2.75, 3.05) is 6.61 Å². The molecule has 5 aromatic rings. The number of carbonyl (C=O) groups is 2. The first kappa shape index (κ1) is 19.0. The minimum atomic E-state index is -0.616. The van der Waals surface area contributed by atoms with Crippen molar-refractivity contribution in [2.45, 2.75) is 0 Å². The third kappa shape index (κ3) is 3.78. The summed E-state index contributed by atoms with van der Waals surface area (Å²) in [5.74, 6) is -0.861. The molecule has 0 atom stereocenters. The number of benzene rings is 2. The Morgan fingerprint density at radius 1 is 1.00 bits per heavy atom. The van der Waals surface area contributed by atoms with Crippen molar-refractivity contribution in [1.29, 1.82) is 0 Å². The van der Waals surface area contributed by atoms with Crippen LogP contribution < -0.4 is 0 Å². The molecule has 152 valence electrons. The summed E-state index contributed by atoms with van der Waals surface area (Å²) in [6.07, 6.45) is 1.62. The van der Waals surface area contributed by atoms with Gasteiger partial charge in [-0.15, -0.1) is 11.3 Å². The Morgan fingerprint density at radius 3 is 2.58 bits per heavy atom. The molecule has 0 N–H and O–H groups in total. The van der Waals surface area contributed by atoms with E-state index in [9.17, 15) is 9.59 Å². The van der Waals surface area contributed by atoms with E-state index >= 15 is 0 Å². The number of fused-ring (bicyclic) bond motifs is 1. The van der Waals surface area contributed by atoms with Gasteiger partial charge < -0.3 is 9.15 Å². The lowest BCUT2D eigenvalue weighted by atomic mass is 10.2. The van der Waals surface area contributed by atoms with Gasteiger partial charge in [0.1, 0.15) is 16.8 Å². The van der Waals surface area contributed by atoms with Crippen LogP contribution in [0.25, 0.3) is 27.2 Å². The monoisotopic (exact) mass is 428 g/mol. The molecule has 0 unspecified atom stereocenters. The Hall–Kier alpha value is -3.97. The van der Waals surface area contributed by atoms with Gasteiger partial charge in [-0.05, 0) is 35.7 Å². The highest BCUT2D eigenvalue weighted by atomic mass is 32.1. The van der Waals surface area contributed by atoms with Gasteiger partial charge in [0.2, 0.25) is 5.78 Å². The Bertz CT molecular complexity index is 1330. The molecule has 5 rings (SSSR count). The maximum atomic E-state index is 12.9. The number of hydrogen-bond acceptors (Lipinski definition) is 6. The number of ketones is 1. The lowest BCUT2D eigenvalue weighted by molar-refractivity contribution is 0.0469. The van der Waals surface area contributed by atoms with E-state index in [0.717, 1.165) is 16.0 Å². The van der Waals surface area contributed by atoms with Crippen LogP contribution in [0, 0.1) is 0 Å². The number of aromatic nitrogens is 2. The van der Waals surface area contributed by atoms with Crippen molar-refractivity contribution in [2.24, 2.45) is 0 Å². The highest BCUT2D eigenvalue weighted by Crippen LogP contribution is 2.28. The smallest absolute Gasteiger partial charge is 0.342 e. The lowest BCUT2D eigenvalue weighted by Crippen LogP contribution is -2.14. The third-order valence-electron chi connectivity index (χ3n) is 4.74. The standard InChI is InChI=1S/C24H16N2O4S/c27-19(21-13-16-7-4-5-10-20(16)30-21)15-29-24(28)18-14-26(17-8-2-1-3-9-17)25-23(18)22-11-6-12-31-22/h1-14H,15H2. The van der Waals surface area contributed by atoms with Crippen LogP contribution in [0.4, 0.5) is 0 Å². The predicted molar refractivity (Wildman–Crippen MR) is 118 cm³/mol. The zero-order chi connectivity index (χ0) is 21.2. The molecule has 0 aliphatic heterocycles. The third-order valence-corrected chi connectivity index (χ3v) is 5.62. The summed E-state index contributed by atoms with van der Waals surface area (Å²) in [5.41, 5.74) is 2.24. The molecule has 0 aliphatic rings. The summed E-state index contributed by atoms with van der Waals surface area (Å²) in [6.45, 7) is -0.418. The van der Waals surface area contributed by atoms with Gasteiger partial charge in [-0.1, -0.05) is 42.5 Å². The van der Waals surface area contributed by atoms with Crippen molar-refractivity contribution in [3.63, 3.8) is 0 Å². The number of rotatable bonds is 6. The molecule has 3 aromatic heterocycles. The van der Waals surface area contributed by atoms with E-state index in [2.05, 4.69) is 5.10 Å². The minimum Gasteiger partial charge on any atom is -0.453 e. The number of carbonyl (C=O) groups excluding carboxylic acids is 2. The van der Waals surface area contributed by atoms with Crippen molar-refractivity contribution in [3.8, 4) is 16.3 Å². The number of furan rings is 1. The molecule has 6 nitrogen and oxygen atoms in total. The van der Waals surface area contributed by atoms with Crippen LogP contribution in [-0.4, -0.2) is 28.1 Å². The Kier molecular flexibility index (Phi) is 4.93. The molecule has 0 saturated carbocycles. The number of esters is 1. The lowest BCUT2D eigenvalue weighted by Gasteiger charge is -2.02. The maximum Gasteiger partial charge on any atom is 0.342 e. The molecule has 0 spiro atoms. The maximum absolute atomic E-state index is 12.9. The molecule has 3 heterocycles. The Morgan fingerprint density at radius 2 is 1.81 bits per heavy atom. The number of nitrogens with zero attached hydrogens (tertiary/aromatic N) is 2. The highest BCUT2D eigenvalue weighted by Gasteiger charge is 2.22. The summed E-state index contributed by atoms with van der Waals surface area (Å²) >= 11 is 1.47. The number of Topliss-reactive ketones (excluding diaryl/α,β-unsaturated/α-hetero) is 1. The van der Waals surface area contributed by atoms with Gasteiger partial charge in [0, 0.05) is 11.6 Å². The van der Waals surface area contributed by atoms with Crippen molar-refractivity contribution >= 4 is 34.1 Å². The van der Waals surface area contributed by atoms with Gasteiger partial charge in [0.15, 0.2) is 12.4 Å². The zero-order valence-corrected chi connectivity index (χ0v) is 17.0. The van der Waals surface area contributed by atoms with Crippen LogP contribution in [0.5, 0.6) is 0 Å². The second-order valence-corrected chi connectivity index (χ2v) is 7.74. The molecule has 0 aliphatic carbocycles. The zero-order valence-electron chi connectivity index (χ0n) is 16.2. The quantitative estimate of drug-likeness (QED) is 0.268. The topological polar surface area (TPSA) is 74.3 Å². The highest BCUT2D eigenvalue weighted by molar-refractivity contribution is 7.13. The molecular formula is C24H16N2O4S. The summed E-state index contributed by atoms with van der Waals surface area (Å²) in [5, 5.41) is 7.32. The molecule has 2 aromatic carbocycles. The van der Waals surface area contributed by atoms with Crippen molar-refractivity contribution in [3.05, 3.63) is 95.7 Å². The van der Waals surface area contributed by atoms with E-state index in [4.69, 9.17) is 9.15 Å². The predicted octanol–water partition coefficient (Wildman–Crippen LogP) is 5.39. The average Bonchev–Trinajstić information content (AvgIpc) is 3.56. The van der Waals surface area contributed by atoms with Gasteiger partial charge in [-0.2, -0.15) is 5.10 Å². The van der Waals surface area contributed by atoms with E-state index in [0.29, 0.717) is 16.8 Å². The van der Waals surface area contributed by atoms with Gasteiger partial charge >= 0.3 is 5.97 Å². The van der Waals surface area contributed by atoms with E-state index in [1.807, 2.05) is 66.0 Å². The molecule has 0 amide bonds. The largest absolute Gasteiger partial charge is 0.453 e. The first-order valence-corrected chi connectivity index (χ1v) is 10.4. The molecule has 7 heteroatoms. The van der Waals surface area contributed by atoms with E-state index in [-0.39, 0.29) is 5.76 Å². The summed E-state index contributed by atoms with van der Waals surface area (Å²) in [7, 11) is 0. The molecule has 0 bridgehead atoms. The summed E-state index contributed by atoms with van der Waals surface area (Å²) in [6, 6.07) is 22.2. The minimum absolute atomic E-state index is 0.160. The van der Waals surface area contributed by atoms with Crippen LogP contribution in [0.1, 0.15) is 20.9 Å². The van der Waals surface area contributed by atoms with E-state index in [1.165, 1.54) is 11.3 Å². The number of hydrogen-bond donors (Lipinski definition) is 0. The van der Waals surface area contributed by atoms with Gasteiger partial charge in [0.05, 0.1) is 10.6 Å². The molecular weight excluding hydrogens is 412 g/mol. The Balaban J connectivity index is 1.39. The van der Waals surface area contributed by atoms with Crippen molar-refractivity contribution < 1.29 is 18.7 Å². The van der Waals surface area contributed by atoms with Crippen LogP contribution in [0.15, 0.2) is 88.8 Å². The molecule has 0 radical (unpaired) electrons. The second kappa shape index (κ2) is 8.04. The first-order chi connectivity index (χ1) is 15.2. The fourth-order valence-electron chi connectivity index (χ4n) is 3.23. The van der Waals surface area contributed by atoms with E-state index in [1.54, 1.807) is 23.0 Å². The molecule has 0 saturated heterocycles. The summed E-state index contributed by atoms with van der Waals surface area (Å²) in [4.78, 5) is 26.2. The fourth-order valence-corrected chi connectivity index (χ4v) is 3.95. The van der Waals surface area contributed by atoms with E-state index < -0.39 is 18.4 Å². The van der Waals surface area contributed by atoms with Crippen LogP contribution in [0.3, 0.4) is 0 Å². The second-order valence-electron chi connectivity index (χ2n) is 6.80. The first-order valence-electron chi connectivity index (χ1n) is 9.57. The van der Waals surface area contributed by atoms with Crippen LogP contribution in [-0.2, 0) is 4.74 Å². The number of thiophene rings is 1.